The van der Waals surface area contributed by atoms with Crippen molar-refractivity contribution < 1.29 is 23.8 Å². The van der Waals surface area contributed by atoms with Crippen molar-refractivity contribution >= 4 is 11.8 Å². The molecule has 0 heterocycles. The van der Waals surface area contributed by atoms with E-state index in [0.29, 0.717) is 24.5 Å². The molecule has 0 aliphatic heterocycles. The third kappa shape index (κ3) is 5.37. The zero-order valence-electron chi connectivity index (χ0n) is 15.7. The Morgan fingerprint density at radius 1 is 0.815 bits per heavy atom. The average molecular weight is 372 g/mol. The van der Waals surface area contributed by atoms with Gasteiger partial charge in [0.1, 0.15) is 22.8 Å². The van der Waals surface area contributed by atoms with Crippen LogP contribution in [0.25, 0.3) is 0 Å². The van der Waals surface area contributed by atoms with Crippen molar-refractivity contribution in [3.63, 3.8) is 0 Å². The number of hydrogen-bond donors (Lipinski definition) is 2. The van der Waals surface area contributed by atoms with Crippen molar-refractivity contribution in [2.75, 3.05) is 34.4 Å². The molecule has 2 aromatic carbocycles. The van der Waals surface area contributed by atoms with Gasteiger partial charge in [-0.3, -0.25) is 9.59 Å². The lowest BCUT2D eigenvalue weighted by molar-refractivity contribution is -0.120. The van der Waals surface area contributed by atoms with E-state index >= 15 is 0 Å². The number of benzene rings is 2. The predicted molar refractivity (Wildman–Crippen MR) is 102 cm³/mol. The molecule has 2 rings (SSSR count). The first-order valence-electron chi connectivity index (χ1n) is 8.48. The second-order valence-electron chi connectivity index (χ2n) is 5.63. The highest BCUT2D eigenvalue weighted by Crippen LogP contribution is 2.27. The summed E-state index contributed by atoms with van der Waals surface area (Å²) in [6, 6.07) is 12.7. The number of ether oxygens (including phenoxy) is 3. The van der Waals surface area contributed by atoms with Gasteiger partial charge in [-0.1, -0.05) is 24.3 Å². The molecule has 144 valence electrons. The standard InChI is InChI=1S/C20H24N2O5/c1-25-15-8-5-4-7-14(15)11-12-21-18(23)13-22-20(24)19-16(26-2)9-6-10-17(19)27-3/h4-10H,11-13H2,1-3H3,(H,21,23)(H,22,24). The number of amides is 2. The molecule has 7 heteroatoms. The first kappa shape index (κ1) is 20.1. The Kier molecular flexibility index (Phi) is 7.49. The molecule has 0 unspecified atom stereocenters. The van der Waals surface area contributed by atoms with Crippen molar-refractivity contribution in [3.05, 3.63) is 53.6 Å². The van der Waals surface area contributed by atoms with Crippen LogP contribution in [0.4, 0.5) is 0 Å². The number of para-hydroxylation sites is 1. The molecule has 0 aromatic heterocycles. The summed E-state index contributed by atoms with van der Waals surface area (Å²) in [6.45, 7) is 0.291. The summed E-state index contributed by atoms with van der Waals surface area (Å²) in [5.74, 6) is 0.812. The van der Waals surface area contributed by atoms with Gasteiger partial charge < -0.3 is 24.8 Å². The highest BCUT2D eigenvalue weighted by molar-refractivity contribution is 6.01. The molecule has 0 radical (unpaired) electrons. The van der Waals surface area contributed by atoms with Crippen molar-refractivity contribution in [1.29, 1.82) is 0 Å². The normalized spacial score (nSPS) is 10.0. The van der Waals surface area contributed by atoms with E-state index < -0.39 is 5.91 Å². The van der Waals surface area contributed by atoms with Crippen LogP contribution in [0.15, 0.2) is 42.5 Å². The van der Waals surface area contributed by atoms with Crippen LogP contribution in [0, 0.1) is 0 Å². The summed E-state index contributed by atoms with van der Waals surface area (Å²) in [4.78, 5) is 24.4. The van der Waals surface area contributed by atoms with E-state index in [9.17, 15) is 9.59 Å². The molecule has 0 fully saturated rings. The summed E-state index contributed by atoms with van der Waals surface area (Å²) in [7, 11) is 4.55. The van der Waals surface area contributed by atoms with E-state index in [0.717, 1.165) is 11.3 Å². The van der Waals surface area contributed by atoms with E-state index in [1.807, 2.05) is 24.3 Å². The first-order chi connectivity index (χ1) is 13.1. The van der Waals surface area contributed by atoms with Crippen molar-refractivity contribution in [1.82, 2.24) is 10.6 Å². The lowest BCUT2D eigenvalue weighted by atomic mass is 10.1. The van der Waals surface area contributed by atoms with Gasteiger partial charge in [0.05, 0.1) is 27.9 Å². The van der Waals surface area contributed by atoms with Gasteiger partial charge in [-0.25, -0.2) is 0 Å². The Morgan fingerprint density at radius 2 is 1.41 bits per heavy atom. The second kappa shape index (κ2) is 10.1. The van der Waals surface area contributed by atoms with E-state index in [2.05, 4.69) is 10.6 Å². The molecular formula is C20H24N2O5. The third-order valence-corrected chi connectivity index (χ3v) is 3.97. The van der Waals surface area contributed by atoms with Crippen LogP contribution in [0.2, 0.25) is 0 Å². The van der Waals surface area contributed by atoms with Crippen LogP contribution in [-0.2, 0) is 11.2 Å². The maximum absolute atomic E-state index is 12.4. The molecule has 0 spiro atoms. The molecule has 2 aromatic rings. The van der Waals surface area contributed by atoms with Crippen molar-refractivity contribution in [2.24, 2.45) is 0 Å². The van der Waals surface area contributed by atoms with Crippen molar-refractivity contribution in [2.45, 2.75) is 6.42 Å². The van der Waals surface area contributed by atoms with Gasteiger partial charge in [-0.2, -0.15) is 0 Å². The monoisotopic (exact) mass is 372 g/mol. The number of rotatable bonds is 9. The first-order valence-corrected chi connectivity index (χ1v) is 8.48. The third-order valence-electron chi connectivity index (χ3n) is 3.97. The topological polar surface area (TPSA) is 85.9 Å². The van der Waals surface area contributed by atoms with Crippen LogP contribution in [0.1, 0.15) is 15.9 Å². The molecule has 0 saturated carbocycles. The van der Waals surface area contributed by atoms with Gasteiger partial charge in [-0.15, -0.1) is 0 Å². The fourth-order valence-corrected chi connectivity index (χ4v) is 2.63. The second-order valence-corrected chi connectivity index (χ2v) is 5.63. The van der Waals surface area contributed by atoms with E-state index in [1.54, 1.807) is 25.3 Å². The Bertz CT molecular complexity index is 769. The zero-order valence-corrected chi connectivity index (χ0v) is 15.7. The summed E-state index contributed by atoms with van der Waals surface area (Å²) in [6.07, 6.45) is 0.629. The number of carbonyl (C=O) groups is 2. The molecule has 0 aliphatic carbocycles. The Morgan fingerprint density at radius 3 is 2.04 bits per heavy atom. The highest BCUT2D eigenvalue weighted by Gasteiger charge is 2.18. The summed E-state index contributed by atoms with van der Waals surface area (Å²) >= 11 is 0. The summed E-state index contributed by atoms with van der Waals surface area (Å²) in [5.41, 5.74) is 1.26. The smallest absolute Gasteiger partial charge is 0.259 e. The van der Waals surface area contributed by atoms with Crippen LogP contribution in [0.3, 0.4) is 0 Å². The number of carbonyl (C=O) groups excluding carboxylic acids is 2. The Balaban J connectivity index is 1.86. The zero-order chi connectivity index (χ0) is 19.6. The molecular weight excluding hydrogens is 348 g/mol. The summed E-state index contributed by atoms with van der Waals surface area (Å²) in [5, 5.41) is 5.36. The van der Waals surface area contributed by atoms with Crippen LogP contribution < -0.4 is 24.8 Å². The maximum Gasteiger partial charge on any atom is 0.259 e. The van der Waals surface area contributed by atoms with E-state index in [-0.39, 0.29) is 18.0 Å². The minimum absolute atomic E-state index is 0.147. The quantitative estimate of drug-likeness (QED) is 0.701. The summed E-state index contributed by atoms with van der Waals surface area (Å²) < 4.78 is 15.7. The van der Waals surface area contributed by atoms with Gasteiger partial charge >= 0.3 is 0 Å². The van der Waals surface area contributed by atoms with Crippen molar-refractivity contribution in [3.8, 4) is 17.2 Å². The average Bonchev–Trinajstić information content (AvgIpc) is 2.71. The van der Waals surface area contributed by atoms with E-state index in [4.69, 9.17) is 14.2 Å². The van der Waals surface area contributed by atoms with Gasteiger partial charge in [-0.05, 0) is 30.2 Å². The fraction of sp³-hybridized carbons (Fsp3) is 0.300. The molecule has 0 aliphatic rings. The molecule has 27 heavy (non-hydrogen) atoms. The number of methoxy groups -OCH3 is 3. The van der Waals surface area contributed by atoms with Crippen LogP contribution in [0.5, 0.6) is 17.2 Å². The number of nitrogens with one attached hydrogen (secondary N) is 2. The number of hydrogen-bond acceptors (Lipinski definition) is 5. The largest absolute Gasteiger partial charge is 0.496 e. The van der Waals surface area contributed by atoms with Gasteiger partial charge in [0.2, 0.25) is 5.91 Å². The lowest BCUT2D eigenvalue weighted by Gasteiger charge is -2.13. The minimum atomic E-state index is -0.441. The van der Waals surface area contributed by atoms with Gasteiger partial charge in [0.15, 0.2) is 0 Å². The van der Waals surface area contributed by atoms with Gasteiger partial charge in [0.25, 0.3) is 5.91 Å². The highest BCUT2D eigenvalue weighted by atomic mass is 16.5. The molecule has 2 amide bonds. The molecule has 0 bridgehead atoms. The van der Waals surface area contributed by atoms with Crippen LogP contribution in [-0.4, -0.2) is 46.2 Å². The molecule has 0 saturated heterocycles. The molecule has 0 atom stereocenters. The van der Waals surface area contributed by atoms with Gasteiger partial charge in [0, 0.05) is 6.54 Å². The molecule has 7 nitrogen and oxygen atoms in total. The Labute approximate surface area is 158 Å². The van der Waals surface area contributed by atoms with Crippen LogP contribution >= 0.6 is 0 Å². The minimum Gasteiger partial charge on any atom is -0.496 e. The Hall–Kier alpha value is -3.22. The predicted octanol–water partition coefficient (Wildman–Crippen LogP) is 1.80. The fourth-order valence-electron chi connectivity index (χ4n) is 2.63. The maximum atomic E-state index is 12.4. The SMILES string of the molecule is COc1ccccc1CCNC(=O)CNC(=O)c1c(OC)cccc1OC. The molecule has 2 N–H and O–H groups in total. The lowest BCUT2D eigenvalue weighted by Crippen LogP contribution is -2.37. The van der Waals surface area contributed by atoms with E-state index in [1.165, 1.54) is 14.2 Å².